The summed E-state index contributed by atoms with van der Waals surface area (Å²) < 4.78 is 18.7. The zero-order valence-electron chi connectivity index (χ0n) is 12.0. The largest absolute Gasteiger partial charge is 0.489 e. The maximum Gasteiger partial charge on any atom is 0.262 e. The topological polar surface area (TPSA) is 70.4 Å². The van der Waals surface area contributed by atoms with Crippen molar-refractivity contribution in [3.05, 3.63) is 65.0 Å². The normalized spacial score (nSPS) is 13.0. The minimum atomic E-state index is -0.511. The Bertz CT molecular complexity index is 842. The van der Waals surface area contributed by atoms with Gasteiger partial charge < -0.3 is 4.74 Å². The monoisotopic (exact) mass is 310 g/mol. The highest BCUT2D eigenvalue weighted by molar-refractivity contribution is 6.21. The molecule has 3 rings (SSSR count). The summed E-state index contributed by atoms with van der Waals surface area (Å²) in [6.45, 7) is -0.146. The second-order valence-electron chi connectivity index (χ2n) is 4.98. The molecule has 0 saturated heterocycles. The summed E-state index contributed by atoms with van der Waals surface area (Å²) in [7, 11) is 0. The highest BCUT2D eigenvalue weighted by atomic mass is 19.1. The van der Waals surface area contributed by atoms with Crippen molar-refractivity contribution in [1.29, 1.82) is 5.26 Å². The van der Waals surface area contributed by atoms with Gasteiger partial charge in [0.15, 0.2) is 0 Å². The number of hydrogen-bond donors (Lipinski definition) is 0. The smallest absolute Gasteiger partial charge is 0.262 e. The average molecular weight is 310 g/mol. The fourth-order valence-corrected chi connectivity index (χ4v) is 2.37. The van der Waals surface area contributed by atoms with E-state index in [1.165, 1.54) is 24.3 Å². The van der Waals surface area contributed by atoms with Crippen LogP contribution in [0.25, 0.3) is 0 Å². The molecule has 1 aliphatic heterocycles. The summed E-state index contributed by atoms with van der Waals surface area (Å²) in [5.74, 6) is -0.952. The van der Waals surface area contributed by atoms with Gasteiger partial charge in [-0.25, -0.2) is 4.39 Å². The van der Waals surface area contributed by atoms with Gasteiger partial charge in [-0.1, -0.05) is 12.1 Å². The lowest BCUT2D eigenvalue weighted by Crippen LogP contribution is -2.29. The van der Waals surface area contributed by atoms with Crippen LogP contribution in [-0.2, 0) is 6.61 Å². The molecule has 2 aromatic rings. The van der Waals surface area contributed by atoms with Gasteiger partial charge in [0, 0.05) is 0 Å². The van der Waals surface area contributed by atoms with Crippen LogP contribution in [0.2, 0.25) is 0 Å². The highest BCUT2D eigenvalue weighted by Gasteiger charge is 2.35. The van der Waals surface area contributed by atoms with Crippen molar-refractivity contribution in [3.63, 3.8) is 0 Å². The predicted molar refractivity (Wildman–Crippen MR) is 78.2 cm³/mol. The van der Waals surface area contributed by atoms with Gasteiger partial charge in [-0.3, -0.25) is 14.5 Å². The third-order valence-electron chi connectivity index (χ3n) is 3.47. The molecule has 0 unspecified atom stereocenters. The first-order valence-corrected chi connectivity index (χ1v) is 6.84. The van der Waals surface area contributed by atoms with Gasteiger partial charge >= 0.3 is 0 Å². The van der Waals surface area contributed by atoms with Crippen molar-refractivity contribution in [2.24, 2.45) is 0 Å². The molecule has 0 N–H and O–H groups in total. The maximum absolute atomic E-state index is 13.1. The van der Waals surface area contributed by atoms with E-state index >= 15 is 0 Å². The maximum atomic E-state index is 13.1. The van der Waals surface area contributed by atoms with Crippen LogP contribution < -0.4 is 4.74 Å². The molecule has 5 nitrogen and oxygen atoms in total. The van der Waals surface area contributed by atoms with E-state index in [4.69, 9.17) is 10.00 Å². The summed E-state index contributed by atoms with van der Waals surface area (Å²) in [5.41, 5.74) is 1.12. The van der Waals surface area contributed by atoms with Crippen molar-refractivity contribution < 1.29 is 18.7 Å². The first-order valence-electron chi connectivity index (χ1n) is 6.84. The number of hydrogen-bond acceptors (Lipinski definition) is 4. The minimum absolute atomic E-state index is 0.139. The Morgan fingerprint density at radius 3 is 2.61 bits per heavy atom. The van der Waals surface area contributed by atoms with E-state index in [1.54, 1.807) is 24.3 Å². The number of fused-ring (bicyclic) bond motifs is 1. The molecule has 1 aliphatic rings. The van der Waals surface area contributed by atoms with E-state index in [9.17, 15) is 14.0 Å². The third kappa shape index (κ3) is 2.77. The number of rotatable bonds is 4. The molecule has 0 fully saturated rings. The molecule has 0 saturated carbocycles. The Kier molecular flexibility index (Phi) is 3.77. The molecule has 0 radical (unpaired) electrons. The van der Waals surface area contributed by atoms with Crippen LogP contribution in [0, 0.1) is 17.1 Å². The molecule has 0 aliphatic carbocycles. The number of halogens is 1. The Hall–Kier alpha value is -3.20. The Balaban J connectivity index is 1.79. The second kappa shape index (κ2) is 5.89. The van der Waals surface area contributed by atoms with Gasteiger partial charge in [0.05, 0.1) is 17.2 Å². The Morgan fingerprint density at radius 2 is 1.87 bits per heavy atom. The molecule has 0 atom stereocenters. The second-order valence-corrected chi connectivity index (χ2v) is 4.98. The zero-order valence-corrected chi connectivity index (χ0v) is 12.0. The molecular formula is C17H11FN2O3. The van der Waals surface area contributed by atoms with Crippen molar-refractivity contribution in [1.82, 2.24) is 4.90 Å². The predicted octanol–water partition coefficient (Wildman–Crippen LogP) is 2.52. The van der Waals surface area contributed by atoms with Gasteiger partial charge in [-0.2, -0.15) is 5.26 Å². The molecule has 114 valence electrons. The van der Waals surface area contributed by atoms with E-state index < -0.39 is 11.8 Å². The fourth-order valence-electron chi connectivity index (χ4n) is 2.37. The summed E-state index contributed by atoms with van der Waals surface area (Å²) in [6.07, 6.45) is 0. The summed E-state index contributed by atoms with van der Waals surface area (Å²) in [5, 5.41) is 8.68. The lowest BCUT2D eigenvalue weighted by Gasteiger charge is -2.07. The number of imide groups is 1. The van der Waals surface area contributed by atoms with Crippen LogP contribution in [0.3, 0.4) is 0 Å². The first-order chi connectivity index (χ1) is 11.1. The number of nitrogens with zero attached hydrogens (tertiary/aromatic N) is 2. The molecule has 23 heavy (non-hydrogen) atoms. The van der Waals surface area contributed by atoms with E-state index in [2.05, 4.69) is 0 Å². The van der Waals surface area contributed by atoms with Gasteiger partial charge in [-0.05, 0) is 35.9 Å². The van der Waals surface area contributed by atoms with Crippen molar-refractivity contribution in [2.45, 2.75) is 6.61 Å². The van der Waals surface area contributed by atoms with Crippen molar-refractivity contribution in [2.75, 3.05) is 6.54 Å². The number of carbonyl (C=O) groups is 2. The lowest BCUT2D eigenvalue weighted by molar-refractivity contribution is 0.0674. The summed E-state index contributed by atoms with van der Waals surface area (Å²) >= 11 is 0. The van der Waals surface area contributed by atoms with E-state index in [-0.39, 0.29) is 30.1 Å². The van der Waals surface area contributed by atoms with Crippen LogP contribution in [0.1, 0.15) is 26.3 Å². The quantitative estimate of drug-likeness (QED) is 0.642. The highest BCUT2D eigenvalue weighted by Crippen LogP contribution is 2.27. The zero-order chi connectivity index (χ0) is 16.4. The van der Waals surface area contributed by atoms with Crippen LogP contribution in [0.5, 0.6) is 5.75 Å². The standard InChI is InChI=1S/C17H11FN2O3/c18-12-3-1-2-11(8-12)10-23-13-4-5-14-15(9-13)17(22)20(7-6-19)16(14)21/h1-5,8-9H,7,10H2. The van der Waals surface area contributed by atoms with Crippen LogP contribution in [-0.4, -0.2) is 23.3 Å². The molecule has 2 aromatic carbocycles. The fraction of sp³-hybridized carbons (Fsp3) is 0.118. The number of amides is 2. The molecule has 0 aromatic heterocycles. The van der Waals surface area contributed by atoms with Crippen molar-refractivity contribution >= 4 is 11.8 Å². The number of ether oxygens (including phenoxy) is 1. The molecule has 0 bridgehead atoms. The van der Waals surface area contributed by atoms with Crippen molar-refractivity contribution in [3.8, 4) is 11.8 Å². The van der Waals surface area contributed by atoms with Crippen LogP contribution >= 0.6 is 0 Å². The van der Waals surface area contributed by atoms with E-state index in [0.29, 0.717) is 11.3 Å². The number of benzene rings is 2. The Morgan fingerprint density at radius 1 is 1.09 bits per heavy atom. The van der Waals surface area contributed by atoms with Crippen LogP contribution in [0.15, 0.2) is 42.5 Å². The number of nitriles is 1. The third-order valence-corrected chi connectivity index (χ3v) is 3.47. The summed E-state index contributed by atoms with van der Waals surface area (Å²) in [6, 6.07) is 12.3. The average Bonchev–Trinajstić information content (AvgIpc) is 2.78. The Labute approximate surface area is 131 Å². The van der Waals surface area contributed by atoms with E-state index in [1.807, 2.05) is 0 Å². The molecule has 1 heterocycles. The van der Waals surface area contributed by atoms with Gasteiger partial charge in [-0.15, -0.1) is 0 Å². The van der Waals surface area contributed by atoms with Gasteiger partial charge in [0.2, 0.25) is 0 Å². The van der Waals surface area contributed by atoms with E-state index in [0.717, 1.165) is 4.90 Å². The molecule has 0 spiro atoms. The minimum Gasteiger partial charge on any atom is -0.489 e. The summed E-state index contributed by atoms with van der Waals surface area (Å²) in [4.78, 5) is 25.0. The van der Waals surface area contributed by atoms with Crippen LogP contribution in [0.4, 0.5) is 4.39 Å². The molecular weight excluding hydrogens is 299 g/mol. The number of carbonyl (C=O) groups excluding carboxylic acids is 2. The lowest BCUT2D eigenvalue weighted by atomic mass is 10.1. The SMILES string of the molecule is N#CCN1C(=O)c2ccc(OCc3cccc(F)c3)cc2C1=O. The van der Waals surface area contributed by atoms with Gasteiger partial charge in [0.1, 0.15) is 24.7 Å². The molecule has 6 heteroatoms. The molecule has 2 amide bonds. The van der Waals surface area contributed by atoms with Gasteiger partial charge in [0.25, 0.3) is 11.8 Å². The first kappa shape index (κ1) is 14.7.